The molecule has 0 fully saturated rings. The molecule has 1 aromatic carbocycles. The van der Waals surface area contributed by atoms with Gasteiger partial charge in [0.15, 0.2) is 0 Å². The highest BCUT2D eigenvalue weighted by atomic mass is 35.5. The molecular formula is C13H17ClFN. The Morgan fingerprint density at radius 2 is 2.25 bits per heavy atom. The maximum absolute atomic E-state index is 13.8. The Morgan fingerprint density at radius 3 is 2.81 bits per heavy atom. The van der Waals surface area contributed by atoms with E-state index in [0.717, 1.165) is 18.4 Å². The van der Waals surface area contributed by atoms with Gasteiger partial charge in [-0.1, -0.05) is 42.8 Å². The SMILES string of the molecule is C=C(CC)CC(NC)c1cccc(Cl)c1F. The Kier molecular flexibility index (Phi) is 4.97. The molecule has 0 aliphatic rings. The molecule has 0 spiro atoms. The van der Waals surface area contributed by atoms with Crippen molar-refractivity contribution in [2.45, 2.75) is 25.8 Å². The Morgan fingerprint density at radius 1 is 1.56 bits per heavy atom. The minimum absolute atomic E-state index is 0.0638. The maximum Gasteiger partial charge on any atom is 0.146 e. The first-order valence-electron chi connectivity index (χ1n) is 5.38. The summed E-state index contributed by atoms with van der Waals surface area (Å²) in [5, 5.41) is 3.26. The van der Waals surface area contributed by atoms with Gasteiger partial charge in [0.2, 0.25) is 0 Å². The molecule has 0 aliphatic carbocycles. The summed E-state index contributed by atoms with van der Waals surface area (Å²) < 4.78 is 13.8. The van der Waals surface area contributed by atoms with E-state index in [9.17, 15) is 4.39 Å². The van der Waals surface area contributed by atoms with Crippen LogP contribution >= 0.6 is 11.6 Å². The van der Waals surface area contributed by atoms with Gasteiger partial charge in [0.1, 0.15) is 5.82 Å². The van der Waals surface area contributed by atoms with Gasteiger partial charge in [-0.05, 0) is 26.0 Å². The fourth-order valence-corrected chi connectivity index (χ4v) is 1.77. The van der Waals surface area contributed by atoms with Gasteiger partial charge in [0.25, 0.3) is 0 Å². The lowest BCUT2D eigenvalue weighted by molar-refractivity contribution is 0.530. The second kappa shape index (κ2) is 6.02. The largest absolute Gasteiger partial charge is 0.313 e. The van der Waals surface area contributed by atoms with Gasteiger partial charge in [0, 0.05) is 11.6 Å². The fourth-order valence-electron chi connectivity index (χ4n) is 1.59. The number of hydrogen-bond donors (Lipinski definition) is 1. The van der Waals surface area contributed by atoms with Crippen molar-refractivity contribution in [2.24, 2.45) is 0 Å². The normalized spacial score (nSPS) is 12.5. The Hall–Kier alpha value is -0.860. The van der Waals surface area contributed by atoms with E-state index in [1.807, 2.05) is 14.0 Å². The van der Waals surface area contributed by atoms with Crippen LogP contribution in [0.15, 0.2) is 30.4 Å². The van der Waals surface area contributed by atoms with Crippen LogP contribution in [0.5, 0.6) is 0 Å². The molecule has 0 bridgehead atoms. The van der Waals surface area contributed by atoms with E-state index >= 15 is 0 Å². The molecule has 0 heterocycles. The predicted octanol–water partition coefficient (Wildman–Crippen LogP) is 4.10. The van der Waals surface area contributed by atoms with Gasteiger partial charge in [-0.3, -0.25) is 0 Å². The van der Waals surface area contributed by atoms with Crippen LogP contribution in [0.4, 0.5) is 4.39 Å². The minimum atomic E-state index is -0.340. The summed E-state index contributed by atoms with van der Waals surface area (Å²) >= 11 is 5.76. The van der Waals surface area contributed by atoms with E-state index in [4.69, 9.17) is 11.6 Å². The van der Waals surface area contributed by atoms with Gasteiger partial charge >= 0.3 is 0 Å². The Balaban J connectivity index is 2.95. The molecule has 0 saturated heterocycles. The van der Waals surface area contributed by atoms with Crippen molar-refractivity contribution < 1.29 is 4.39 Å². The van der Waals surface area contributed by atoms with E-state index in [-0.39, 0.29) is 16.9 Å². The van der Waals surface area contributed by atoms with Crippen LogP contribution in [0.25, 0.3) is 0 Å². The maximum atomic E-state index is 13.8. The molecule has 1 nitrogen and oxygen atoms in total. The molecule has 0 aliphatic heterocycles. The summed E-state index contributed by atoms with van der Waals surface area (Å²) in [4.78, 5) is 0. The number of rotatable bonds is 5. The number of halogens is 2. The quantitative estimate of drug-likeness (QED) is 0.766. The van der Waals surface area contributed by atoms with Crippen LogP contribution in [0.2, 0.25) is 5.02 Å². The average molecular weight is 242 g/mol. The number of nitrogens with one attached hydrogen (secondary N) is 1. The van der Waals surface area contributed by atoms with Crippen molar-refractivity contribution in [1.82, 2.24) is 5.32 Å². The lowest BCUT2D eigenvalue weighted by Gasteiger charge is -2.18. The van der Waals surface area contributed by atoms with Gasteiger partial charge in [-0.2, -0.15) is 0 Å². The molecule has 1 rings (SSSR count). The topological polar surface area (TPSA) is 12.0 Å². The lowest BCUT2D eigenvalue weighted by Crippen LogP contribution is -2.18. The molecule has 1 unspecified atom stereocenters. The summed E-state index contributed by atoms with van der Waals surface area (Å²) in [7, 11) is 1.81. The van der Waals surface area contributed by atoms with Crippen LogP contribution in [-0.2, 0) is 0 Å². The molecular weight excluding hydrogens is 225 g/mol. The van der Waals surface area contributed by atoms with Gasteiger partial charge in [-0.15, -0.1) is 0 Å². The molecule has 3 heteroatoms. The standard InChI is InChI=1S/C13H17ClFN/c1-4-9(2)8-12(16-3)10-6-5-7-11(14)13(10)15/h5-7,12,16H,2,4,8H2,1,3H3. The van der Waals surface area contributed by atoms with Crippen LogP contribution in [0, 0.1) is 5.82 Å². The molecule has 1 atom stereocenters. The van der Waals surface area contributed by atoms with Gasteiger partial charge in [0.05, 0.1) is 5.02 Å². The third kappa shape index (κ3) is 3.06. The molecule has 0 radical (unpaired) electrons. The zero-order valence-electron chi connectivity index (χ0n) is 9.69. The highest BCUT2D eigenvalue weighted by Gasteiger charge is 2.16. The summed E-state index contributed by atoms with van der Waals surface area (Å²) in [5.74, 6) is -0.340. The molecule has 1 aromatic rings. The average Bonchev–Trinajstić information content (AvgIpc) is 2.29. The minimum Gasteiger partial charge on any atom is -0.313 e. The second-order valence-corrected chi connectivity index (χ2v) is 4.20. The lowest BCUT2D eigenvalue weighted by atomic mass is 9.98. The van der Waals surface area contributed by atoms with Crippen LogP contribution in [0.1, 0.15) is 31.4 Å². The highest BCUT2D eigenvalue weighted by Crippen LogP contribution is 2.27. The highest BCUT2D eigenvalue weighted by molar-refractivity contribution is 6.30. The van der Waals surface area contributed by atoms with Crippen LogP contribution in [-0.4, -0.2) is 7.05 Å². The van der Waals surface area contributed by atoms with Crippen molar-refractivity contribution in [3.63, 3.8) is 0 Å². The smallest absolute Gasteiger partial charge is 0.146 e. The first-order valence-corrected chi connectivity index (χ1v) is 5.75. The number of hydrogen-bond acceptors (Lipinski definition) is 1. The third-order valence-corrected chi connectivity index (χ3v) is 2.99. The third-order valence-electron chi connectivity index (χ3n) is 2.70. The Bertz CT molecular complexity index is 376. The monoisotopic (exact) mass is 241 g/mol. The van der Waals surface area contributed by atoms with Gasteiger partial charge < -0.3 is 5.32 Å². The van der Waals surface area contributed by atoms with Gasteiger partial charge in [-0.25, -0.2) is 4.39 Å². The zero-order valence-corrected chi connectivity index (χ0v) is 10.4. The van der Waals surface area contributed by atoms with Crippen molar-refractivity contribution >= 4 is 11.6 Å². The molecule has 88 valence electrons. The van der Waals surface area contributed by atoms with Crippen LogP contribution < -0.4 is 5.32 Å². The predicted molar refractivity (Wildman–Crippen MR) is 67.3 cm³/mol. The second-order valence-electron chi connectivity index (χ2n) is 3.79. The van der Waals surface area contributed by atoms with Crippen molar-refractivity contribution in [3.8, 4) is 0 Å². The molecule has 0 saturated carbocycles. The van der Waals surface area contributed by atoms with Crippen molar-refractivity contribution in [1.29, 1.82) is 0 Å². The fraction of sp³-hybridized carbons (Fsp3) is 0.385. The first-order chi connectivity index (χ1) is 7.60. The first kappa shape index (κ1) is 13.2. The Labute approximate surface area is 101 Å². The zero-order chi connectivity index (χ0) is 12.1. The van der Waals surface area contributed by atoms with Crippen molar-refractivity contribution in [3.05, 3.63) is 46.8 Å². The van der Waals surface area contributed by atoms with E-state index in [0.29, 0.717) is 5.56 Å². The summed E-state index contributed by atoms with van der Waals surface area (Å²) in [6, 6.07) is 5.01. The van der Waals surface area contributed by atoms with E-state index in [1.165, 1.54) is 0 Å². The number of benzene rings is 1. The summed E-state index contributed by atoms with van der Waals surface area (Å²) in [5.41, 5.74) is 1.70. The summed E-state index contributed by atoms with van der Waals surface area (Å²) in [6.45, 7) is 5.99. The summed E-state index contributed by atoms with van der Waals surface area (Å²) in [6.07, 6.45) is 1.63. The molecule has 0 amide bonds. The molecule has 1 N–H and O–H groups in total. The van der Waals surface area contributed by atoms with Crippen LogP contribution in [0.3, 0.4) is 0 Å². The molecule has 16 heavy (non-hydrogen) atoms. The van der Waals surface area contributed by atoms with E-state index < -0.39 is 0 Å². The molecule has 0 aromatic heterocycles. The van der Waals surface area contributed by atoms with E-state index in [2.05, 4.69) is 11.9 Å². The van der Waals surface area contributed by atoms with E-state index in [1.54, 1.807) is 18.2 Å². The van der Waals surface area contributed by atoms with Crippen molar-refractivity contribution in [2.75, 3.05) is 7.05 Å².